The van der Waals surface area contributed by atoms with Crippen LogP contribution in [0.15, 0.2) is 47.0 Å². The van der Waals surface area contributed by atoms with Crippen molar-refractivity contribution < 1.29 is 27.3 Å². The molecule has 3 rings (SSSR count). The first-order valence-corrected chi connectivity index (χ1v) is 9.10. The van der Waals surface area contributed by atoms with Crippen molar-refractivity contribution >= 4 is 52.6 Å². The Balaban J connectivity index is 1.73. The molecule has 0 saturated heterocycles. The largest absolute Gasteiger partial charge is 0.416 e. The molecule has 0 bridgehead atoms. The second-order valence-corrected chi connectivity index (χ2v) is 6.95. The van der Waals surface area contributed by atoms with Gasteiger partial charge in [0.25, 0.3) is 11.8 Å². The summed E-state index contributed by atoms with van der Waals surface area (Å²) in [6.07, 6.45) is -4.49. The lowest BCUT2D eigenvalue weighted by molar-refractivity contribution is -0.137. The summed E-state index contributed by atoms with van der Waals surface area (Å²) in [6, 6.07) is 7.36. The van der Waals surface area contributed by atoms with Crippen LogP contribution in [0.3, 0.4) is 0 Å². The lowest BCUT2D eigenvalue weighted by Crippen LogP contribution is -2.34. The SMILES string of the molecule is O=C(NC(=O)c1c(Cl)cccc1Cl)Nc1onc(-c2ccc(C(F)(F)F)cc2)c1Cl. The number of aromatic nitrogens is 1. The first kappa shape index (κ1) is 21.9. The van der Waals surface area contributed by atoms with E-state index in [-0.39, 0.29) is 37.8 Å². The van der Waals surface area contributed by atoms with Crippen LogP contribution in [0.25, 0.3) is 11.3 Å². The van der Waals surface area contributed by atoms with Crippen molar-refractivity contribution in [2.75, 3.05) is 5.32 Å². The maximum absolute atomic E-state index is 12.7. The summed E-state index contributed by atoms with van der Waals surface area (Å²) < 4.78 is 42.9. The van der Waals surface area contributed by atoms with Gasteiger partial charge in [0.15, 0.2) is 0 Å². The highest BCUT2D eigenvalue weighted by Gasteiger charge is 2.30. The molecule has 0 spiro atoms. The highest BCUT2D eigenvalue weighted by atomic mass is 35.5. The Morgan fingerprint density at radius 3 is 2.13 bits per heavy atom. The molecule has 1 heterocycles. The van der Waals surface area contributed by atoms with Crippen LogP contribution in [0.5, 0.6) is 0 Å². The molecule has 0 unspecified atom stereocenters. The molecule has 0 fully saturated rings. The quantitative estimate of drug-likeness (QED) is 0.464. The number of rotatable bonds is 3. The molecule has 0 aliphatic rings. The van der Waals surface area contributed by atoms with Crippen molar-refractivity contribution in [2.24, 2.45) is 0 Å². The van der Waals surface area contributed by atoms with Gasteiger partial charge in [-0.05, 0) is 24.3 Å². The van der Waals surface area contributed by atoms with E-state index >= 15 is 0 Å². The third-order valence-corrected chi connectivity index (χ3v) is 4.75. The van der Waals surface area contributed by atoms with Gasteiger partial charge in [0.2, 0.25) is 0 Å². The van der Waals surface area contributed by atoms with Gasteiger partial charge in [0.05, 0.1) is 21.2 Å². The Bertz CT molecular complexity index is 1100. The van der Waals surface area contributed by atoms with Crippen LogP contribution >= 0.6 is 34.8 Å². The average molecular weight is 479 g/mol. The zero-order valence-electron chi connectivity index (χ0n) is 14.5. The monoisotopic (exact) mass is 477 g/mol. The number of hydrogen-bond donors (Lipinski definition) is 2. The Morgan fingerprint density at radius 1 is 0.967 bits per heavy atom. The molecule has 2 N–H and O–H groups in total. The van der Waals surface area contributed by atoms with Gasteiger partial charge in [-0.3, -0.25) is 15.4 Å². The number of amides is 3. The summed E-state index contributed by atoms with van der Waals surface area (Å²) in [7, 11) is 0. The number of hydrogen-bond acceptors (Lipinski definition) is 4. The topological polar surface area (TPSA) is 84.2 Å². The van der Waals surface area contributed by atoms with Gasteiger partial charge in [-0.1, -0.05) is 58.2 Å². The summed E-state index contributed by atoms with van der Waals surface area (Å²) >= 11 is 17.9. The molecule has 0 aliphatic heterocycles. The number of halogens is 6. The second-order valence-electron chi connectivity index (χ2n) is 5.75. The van der Waals surface area contributed by atoms with Gasteiger partial charge >= 0.3 is 12.2 Å². The maximum Gasteiger partial charge on any atom is 0.416 e. The molecule has 0 atom stereocenters. The summed E-state index contributed by atoms with van der Waals surface area (Å²) in [5.74, 6) is -1.19. The van der Waals surface area contributed by atoms with Crippen molar-refractivity contribution in [1.29, 1.82) is 0 Å². The molecule has 0 radical (unpaired) electrons. The minimum absolute atomic E-state index is 0.00108. The minimum atomic E-state index is -4.49. The number of carbonyl (C=O) groups excluding carboxylic acids is 2. The van der Waals surface area contributed by atoms with Gasteiger partial charge in [0, 0.05) is 5.56 Å². The number of urea groups is 1. The fourth-order valence-electron chi connectivity index (χ4n) is 2.37. The number of anilines is 1. The predicted molar refractivity (Wildman–Crippen MR) is 105 cm³/mol. The van der Waals surface area contributed by atoms with E-state index in [0.717, 1.165) is 24.3 Å². The van der Waals surface area contributed by atoms with Crippen LogP contribution in [0.1, 0.15) is 15.9 Å². The molecule has 30 heavy (non-hydrogen) atoms. The molecule has 6 nitrogen and oxygen atoms in total. The van der Waals surface area contributed by atoms with E-state index in [9.17, 15) is 22.8 Å². The van der Waals surface area contributed by atoms with Crippen molar-refractivity contribution in [2.45, 2.75) is 6.18 Å². The van der Waals surface area contributed by atoms with Gasteiger partial charge in [0.1, 0.15) is 10.7 Å². The van der Waals surface area contributed by atoms with Crippen LogP contribution in [-0.4, -0.2) is 17.1 Å². The third kappa shape index (κ3) is 4.69. The lowest BCUT2D eigenvalue weighted by atomic mass is 10.1. The summed E-state index contributed by atoms with van der Waals surface area (Å²) in [5, 5.41) is 7.71. The number of nitrogens with zero attached hydrogens (tertiary/aromatic N) is 1. The Hall–Kier alpha value is -2.75. The molecule has 156 valence electrons. The number of imide groups is 1. The van der Waals surface area contributed by atoms with Crippen LogP contribution in [-0.2, 0) is 6.18 Å². The average Bonchev–Trinajstić information content (AvgIpc) is 3.01. The molecule has 1 aromatic heterocycles. The lowest BCUT2D eigenvalue weighted by Gasteiger charge is -2.07. The third-order valence-electron chi connectivity index (χ3n) is 3.77. The van der Waals surface area contributed by atoms with Crippen molar-refractivity contribution in [1.82, 2.24) is 10.5 Å². The first-order valence-electron chi connectivity index (χ1n) is 7.97. The normalized spacial score (nSPS) is 11.3. The Labute approximate surface area is 181 Å². The van der Waals surface area contributed by atoms with Crippen LogP contribution in [0.2, 0.25) is 15.1 Å². The van der Waals surface area contributed by atoms with E-state index in [1.165, 1.54) is 18.2 Å². The van der Waals surface area contributed by atoms with E-state index in [0.29, 0.717) is 0 Å². The number of carbonyl (C=O) groups is 2. The fourth-order valence-corrected chi connectivity index (χ4v) is 3.16. The predicted octanol–water partition coefficient (Wildman–Crippen LogP) is 6.28. The smallest absolute Gasteiger partial charge is 0.336 e. The zero-order valence-corrected chi connectivity index (χ0v) is 16.7. The molecule has 0 aliphatic carbocycles. The van der Waals surface area contributed by atoms with Crippen LogP contribution in [0, 0.1) is 0 Å². The van der Waals surface area contributed by atoms with Crippen molar-refractivity contribution in [3.05, 3.63) is 68.7 Å². The zero-order chi connectivity index (χ0) is 22.1. The molecular formula is C18H9Cl3F3N3O3. The van der Waals surface area contributed by atoms with E-state index < -0.39 is 23.7 Å². The van der Waals surface area contributed by atoms with Gasteiger partial charge in [-0.25, -0.2) is 4.79 Å². The van der Waals surface area contributed by atoms with Crippen LogP contribution in [0.4, 0.5) is 23.8 Å². The van der Waals surface area contributed by atoms with E-state index in [4.69, 9.17) is 39.3 Å². The highest BCUT2D eigenvalue weighted by molar-refractivity contribution is 6.40. The first-order chi connectivity index (χ1) is 14.1. The van der Waals surface area contributed by atoms with Crippen molar-refractivity contribution in [3.8, 4) is 11.3 Å². The van der Waals surface area contributed by atoms with Crippen molar-refractivity contribution in [3.63, 3.8) is 0 Å². The van der Waals surface area contributed by atoms with E-state index in [1.54, 1.807) is 0 Å². The Kier molecular flexibility index (Phi) is 6.25. The summed E-state index contributed by atoms with van der Waals surface area (Å²) in [4.78, 5) is 24.3. The van der Waals surface area contributed by atoms with E-state index in [2.05, 4.69) is 10.5 Å². The summed E-state index contributed by atoms with van der Waals surface area (Å²) in [5.41, 5.74) is -0.726. The molecule has 12 heteroatoms. The molecule has 0 saturated carbocycles. The van der Waals surface area contributed by atoms with Gasteiger partial charge in [-0.15, -0.1) is 0 Å². The fraction of sp³-hybridized carbons (Fsp3) is 0.0556. The number of nitrogens with one attached hydrogen (secondary N) is 2. The highest BCUT2D eigenvalue weighted by Crippen LogP contribution is 2.35. The van der Waals surface area contributed by atoms with Gasteiger partial charge < -0.3 is 4.52 Å². The molecule has 2 aromatic carbocycles. The van der Waals surface area contributed by atoms with Gasteiger partial charge in [-0.2, -0.15) is 13.2 Å². The van der Waals surface area contributed by atoms with Crippen LogP contribution < -0.4 is 10.6 Å². The second kappa shape index (κ2) is 8.55. The van der Waals surface area contributed by atoms with E-state index in [1.807, 2.05) is 5.32 Å². The Morgan fingerprint density at radius 2 is 1.57 bits per heavy atom. The summed E-state index contributed by atoms with van der Waals surface area (Å²) in [6.45, 7) is 0. The minimum Gasteiger partial charge on any atom is -0.336 e. The molecule has 3 amide bonds. The molecular weight excluding hydrogens is 470 g/mol. The molecule has 3 aromatic rings. The number of benzene rings is 2. The standard InChI is InChI=1S/C18H9Cl3F3N3O3/c19-10-2-1-3-11(20)12(10)15(28)25-17(29)26-16-13(21)14(27-30-16)8-4-6-9(7-5-8)18(22,23)24/h1-7H,(H2,25,26,28,29). The maximum atomic E-state index is 12.7. The number of alkyl halides is 3.